The van der Waals surface area contributed by atoms with Gasteiger partial charge in [0.25, 0.3) is 11.6 Å². The number of nitrogens with zero attached hydrogens (tertiary/aromatic N) is 1. The van der Waals surface area contributed by atoms with Crippen LogP contribution in [0.2, 0.25) is 5.02 Å². The second kappa shape index (κ2) is 7.72. The van der Waals surface area contributed by atoms with Crippen LogP contribution in [0, 0.1) is 16.0 Å². The Hall–Kier alpha value is -2.35. The third kappa shape index (κ3) is 5.82. The summed E-state index contributed by atoms with van der Waals surface area (Å²) in [5.41, 5.74) is -1.82. The summed E-state index contributed by atoms with van der Waals surface area (Å²) < 4.78 is 5.22. The zero-order valence-electron chi connectivity index (χ0n) is 15.8. The van der Waals surface area contributed by atoms with Crippen LogP contribution >= 0.6 is 11.6 Å². The zero-order valence-corrected chi connectivity index (χ0v) is 16.6. The number of rotatable bonds is 6. The minimum atomic E-state index is -0.749. The lowest BCUT2D eigenvalue weighted by atomic mass is 9.94. The molecular weight excluding hydrogens is 374 g/mol. The first-order valence-corrected chi connectivity index (χ1v) is 9.02. The summed E-state index contributed by atoms with van der Waals surface area (Å²) in [5.74, 6) is -0.415. The first-order valence-electron chi connectivity index (χ1n) is 8.64. The number of carbonyl (C=O) groups excluding carboxylic acids is 2. The average molecular weight is 398 g/mol. The van der Waals surface area contributed by atoms with Gasteiger partial charge < -0.3 is 15.4 Å². The number of hydrogen-bond donors (Lipinski definition) is 2. The molecule has 1 atom stereocenters. The topological polar surface area (TPSA) is 111 Å². The maximum Gasteiger partial charge on any atom is 0.407 e. The summed E-state index contributed by atoms with van der Waals surface area (Å²) in [4.78, 5) is 35.2. The molecular formula is C18H24ClN3O5. The Balaban J connectivity index is 2.13. The lowest BCUT2D eigenvalue weighted by molar-refractivity contribution is -0.385. The van der Waals surface area contributed by atoms with E-state index in [1.807, 2.05) is 6.92 Å². The number of nitro benzene ring substituents is 1. The van der Waals surface area contributed by atoms with Gasteiger partial charge in [0.1, 0.15) is 11.2 Å². The highest BCUT2D eigenvalue weighted by Gasteiger charge is 2.43. The van der Waals surface area contributed by atoms with Gasteiger partial charge in [-0.25, -0.2) is 4.79 Å². The van der Waals surface area contributed by atoms with Crippen molar-refractivity contribution >= 4 is 29.3 Å². The summed E-state index contributed by atoms with van der Waals surface area (Å²) in [5, 5.41) is 16.9. The maximum atomic E-state index is 12.7. The molecule has 2 N–H and O–H groups in total. The van der Waals surface area contributed by atoms with E-state index in [0.717, 1.165) is 18.9 Å². The standard InChI is InChI=1S/C18H24ClN3O5/c1-17(2,3)27-16(24)20-10-18(4,11-5-6-11)21-15(23)13-8-7-12(19)9-14(13)22(25)26/h7-9,11H,5-6,10H2,1-4H3,(H,20,24)(H,21,23). The van der Waals surface area contributed by atoms with E-state index >= 15 is 0 Å². The van der Waals surface area contributed by atoms with E-state index in [0.29, 0.717) is 0 Å². The third-order valence-electron chi connectivity index (χ3n) is 4.28. The minimum Gasteiger partial charge on any atom is -0.444 e. The quantitative estimate of drug-likeness (QED) is 0.562. The van der Waals surface area contributed by atoms with Crippen molar-refractivity contribution in [2.75, 3.05) is 6.54 Å². The molecule has 0 spiro atoms. The molecule has 1 aromatic rings. The number of amides is 2. The third-order valence-corrected chi connectivity index (χ3v) is 4.51. The van der Waals surface area contributed by atoms with Crippen molar-refractivity contribution in [3.8, 4) is 0 Å². The summed E-state index contributed by atoms with van der Waals surface area (Å²) >= 11 is 5.80. The fourth-order valence-corrected chi connectivity index (χ4v) is 2.92. The summed E-state index contributed by atoms with van der Waals surface area (Å²) in [6.45, 7) is 7.23. The van der Waals surface area contributed by atoms with Gasteiger partial charge in [-0.2, -0.15) is 0 Å². The molecule has 0 aromatic heterocycles. The Morgan fingerprint density at radius 3 is 2.44 bits per heavy atom. The van der Waals surface area contributed by atoms with Gasteiger partial charge in [-0.15, -0.1) is 0 Å². The summed E-state index contributed by atoms with van der Waals surface area (Å²) in [6, 6.07) is 3.89. The first kappa shape index (κ1) is 21.0. The molecule has 1 aliphatic carbocycles. The van der Waals surface area contributed by atoms with Crippen LogP contribution in [0.3, 0.4) is 0 Å². The van der Waals surface area contributed by atoms with Crippen LogP contribution in [0.1, 0.15) is 50.9 Å². The largest absolute Gasteiger partial charge is 0.444 e. The van der Waals surface area contributed by atoms with Crippen molar-refractivity contribution in [1.82, 2.24) is 10.6 Å². The van der Waals surface area contributed by atoms with Crippen LogP contribution in [-0.2, 0) is 4.74 Å². The van der Waals surface area contributed by atoms with E-state index in [1.54, 1.807) is 20.8 Å². The number of alkyl carbamates (subject to hydrolysis) is 1. The van der Waals surface area contributed by atoms with Crippen LogP contribution in [0.15, 0.2) is 18.2 Å². The molecule has 27 heavy (non-hydrogen) atoms. The molecule has 148 valence electrons. The second-order valence-electron chi connectivity index (χ2n) is 7.92. The van der Waals surface area contributed by atoms with Crippen molar-refractivity contribution in [2.45, 2.75) is 51.7 Å². The highest BCUT2D eigenvalue weighted by Crippen LogP contribution is 2.39. The van der Waals surface area contributed by atoms with Gasteiger partial charge >= 0.3 is 6.09 Å². The van der Waals surface area contributed by atoms with Crippen molar-refractivity contribution in [1.29, 1.82) is 0 Å². The molecule has 8 nitrogen and oxygen atoms in total. The summed E-state index contributed by atoms with van der Waals surface area (Å²) in [7, 11) is 0. The Kier molecular flexibility index (Phi) is 5.99. The van der Waals surface area contributed by atoms with Crippen molar-refractivity contribution < 1.29 is 19.2 Å². The normalized spacial score (nSPS) is 16.2. The van der Waals surface area contributed by atoms with Gasteiger partial charge in [0.2, 0.25) is 0 Å². The van der Waals surface area contributed by atoms with Crippen molar-refractivity contribution in [2.24, 2.45) is 5.92 Å². The van der Waals surface area contributed by atoms with E-state index in [9.17, 15) is 19.7 Å². The highest BCUT2D eigenvalue weighted by molar-refractivity contribution is 6.31. The first-order chi connectivity index (χ1) is 12.4. The van der Waals surface area contributed by atoms with Gasteiger partial charge in [0, 0.05) is 17.6 Å². The van der Waals surface area contributed by atoms with Crippen molar-refractivity contribution in [3.63, 3.8) is 0 Å². The molecule has 0 saturated heterocycles. The Labute approximate surface area is 162 Å². The molecule has 2 rings (SSSR count). The number of hydrogen-bond acceptors (Lipinski definition) is 5. The van der Waals surface area contributed by atoms with Crippen LogP contribution in [-0.4, -0.2) is 34.6 Å². The molecule has 2 amide bonds. The van der Waals surface area contributed by atoms with Crippen LogP contribution in [0.25, 0.3) is 0 Å². The number of halogens is 1. The molecule has 1 unspecified atom stereocenters. The lowest BCUT2D eigenvalue weighted by Gasteiger charge is -2.32. The van der Waals surface area contributed by atoms with Crippen molar-refractivity contribution in [3.05, 3.63) is 38.9 Å². The predicted octanol–water partition coefficient (Wildman–Crippen LogP) is 3.67. The monoisotopic (exact) mass is 397 g/mol. The average Bonchev–Trinajstić information content (AvgIpc) is 3.36. The minimum absolute atomic E-state index is 0.0754. The van der Waals surface area contributed by atoms with E-state index in [1.165, 1.54) is 12.1 Å². The number of nitro groups is 1. The SMILES string of the molecule is CC(C)(C)OC(=O)NCC(C)(NC(=O)c1ccc(Cl)cc1[N+](=O)[O-])C1CC1. The van der Waals surface area contributed by atoms with Crippen LogP contribution in [0.4, 0.5) is 10.5 Å². The number of nitrogens with one attached hydrogen (secondary N) is 2. The Bertz CT molecular complexity index is 758. The van der Waals surface area contributed by atoms with Crippen LogP contribution in [0.5, 0.6) is 0 Å². The molecule has 0 radical (unpaired) electrons. The fraction of sp³-hybridized carbons (Fsp3) is 0.556. The van der Waals surface area contributed by atoms with E-state index < -0.39 is 28.1 Å². The molecule has 9 heteroatoms. The van der Waals surface area contributed by atoms with Gasteiger partial charge in [0.15, 0.2) is 0 Å². The smallest absolute Gasteiger partial charge is 0.407 e. The maximum absolute atomic E-state index is 12.7. The molecule has 1 saturated carbocycles. The second-order valence-corrected chi connectivity index (χ2v) is 8.36. The van der Waals surface area contributed by atoms with Gasteiger partial charge in [-0.05, 0) is 58.6 Å². The van der Waals surface area contributed by atoms with Gasteiger partial charge in [-0.3, -0.25) is 14.9 Å². The van der Waals surface area contributed by atoms with E-state index in [4.69, 9.17) is 16.3 Å². The zero-order chi connectivity index (χ0) is 20.4. The molecule has 0 heterocycles. The predicted molar refractivity (Wildman–Crippen MR) is 101 cm³/mol. The van der Waals surface area contributed by atoms with E-state index in [2.05, 4.69) is 10.6 Å². The number of carbonyl (C=O) groups is 2. The van der Waals surface area contributed by atoms with Gasteiger partial charge in [-0.1, -0.05) is 11.6 Å². The fourth-order valence-electron chi connectivity index (χ4n) is 2.76. The highest BCUT2D eigenvalue weighted by atomic mass is 35.5. The molecule has 0 bridgehead atoms. The Morgan fingerprint density at radius 2 is 1.93 bits per heavy atom. The molecule has 0 aliphatic heterocycles. The Morgan fingerprint density at radius 1 is 1.30 bits per heavy atom. The number of ether oxygens (including phenoxy) is 1. The summed E-state index contributed by atoms with van der Waals surface area (Å²) in [6.07, 6.45) is 1.21. The van der Waals surface area contributed by atoms with Gasteiger partial charge in [0.05, 0.1) is 10.5 Å². The lowest BCUT2D eigenvalue weighted by Crippen LogP contribution is -2.55. The molecule has 1 aliphatic rings. The van der Waals surface area contributed by atoms with E-state index in [-0.39, 0.29) is 28.7 Å². The number of benzene rings is 1. The molecule has 1 fully saturated rings. The van der Waals surface area contributed by atoms with Crippen LogP contribution < -0.4 is 10.6 Å². The molecule has 1 aromatic carbocycles.